The molecule has 0 amide bonds. The van der Waals surface area contributed by atoms with Gasteiger partial charge in [0.05, 0.1) is 11.7 Å². The molecule has 2 N–H and O–H groups in total. The monoisotopic (exact) mass is 257 g/mol. The summed E-state index contributed by atoms with van der Waals surface area (Å²) in [5, 5.41) is 12.9. The van der Waals surface area contributed by atoms with Crippen LogP contribution in [0.4, 0.5) is 0 Å². The van der Waals surface area contributed by atoms with Gasteiger partial charge >= 0.3 is 0 Å². The largest absolute Gasteiger partial charge is 0.473 e. The highest BCUT2D eigenvalue weighted by Gasteiger charge is 2.44. The van der Waals surface area contributed by atoms with E-state index in [-0.39, 0.29) is 6.61 Å². The minimum absolute atomic E-state index is 0.256. The number of hydrogen-bond acceptors (Lipinski definition) is 6. The lowest BCUT2D eigenvalue weighted by molar-refractivity contribution is 0.104. The maximum Gasteiger partial charge on any atom is 0.245 e. The zero-order valence-corrected chi connectivity index (χ0v) is 11.0. The first-order valence-electron chi connectivity index (χ1n) is 5.87. The molecule has 1 aliphatic carbocycles. The predicted octanol–water partition coefficient (Wildman–Crippen LogP) is 0.913. The molecule has 2 rings (SSSR count). The van der Waals surface area contributed by atoms with Gasteiger partial charge in [0, 0.05) is 6.54 Å². The van der Waals surface area contributed by atoms with Crippen LogP contribution >= 0.6 is 11.7 Å². The van der Waals surface area contributed by atoms with Crippen LogP contribution in [0, 0.1) is 11.3 Å². The third-order valence-corrected chi connectivity index (χ3v) is 3.71. The Balaban J connectivity index is 1.54. The Morgan fingerprint density at radius 3 is 3.06 bits per heavy atom. The lowest BCUT2D eigenvalue weighted by atomic mass is 10.1. The van der Waals surface area contributed by atoms with E-state index in [0.29, 0.717) is 17.8 Å². The van der Waals surface area contributed by atoms with Crippen LogP contribution in [0.15, 0.2) is 6.20 Å². The number of rotatable bonds is 7. The molecule has 5 nitrogen and oxygen atoms in total. The zero-order valence-electron chi connectivity index (χ0n) is 10.2. The first kappa shape index (κ1) is 12.7. The molecule has 2 atom stereocenters. The Hall–Kier alpha value is -0.720. The van der Waals surface area contributed by atoms with E-state index in [2.05, 4.69) is 27.9 Å². The van der Waals surface area contributed by atoms with Crippen LogP contribution in [0.3, 0.4) is 0 Å². The topological polar surface area (TPSA) is 67.3 Å². The Morgan fingerprint density at radius 2 is 2.47 bits per heavy atom. The van der Waals surface area contributed by atoms with Crippen molar-refractivity contribution in [3.63, 3.8) is 0 Å². The second-order valence-corrected chi connectivity index (χ2v) is 5.82. The van der Waals surface area contributed by atoms with Crippen molar-refractivity contribution in [3.05, 3.63) is 6.20 Å². The van der Waals surface area contributed by atoms with Crippen LogP contribution < -0.4 is 10.1 Å². The molecule has 0 saturated heterocycles. The van der Waals surface area contributed by atoms with Gasteiger partial charge in [0.2, 0.25) is 5.88 Å². The van der Waals surface area contributed by atoms with Gasteiger partial charge in [-0.2, -0.15) is 4.37 Å². The normalized spacial score (nSPS) is 23.4. The number of aliphatic hydroxyl groups excluding tert-OH is 1. The first-order valence-corrected chi connectivity index (χ1v) is 6.60. The van der Waals surface area contributed by atoms with Crippen molar-refractivity contribution in [1.82, 2.24) is 14.1 Å². The van der Waals surface area contributed by atoms with E-state index in [4.69, 9.17) is 4.74 Å². The number of nitrogens with zero attached hydrogens (tertiary/aromatic N) is 2. The molecule has 0 bridgehead atoms. The summed E-state index contributed by atoms with van der Waals surface area (Å²) in [4.78, 5) is 0. The fraction of sp³-hybridized carbons (Fsp3) is 0.818. The third kappa shape index (κ3) is 3.90. The molecule has 0 aliphatic heterocycles. The van der Waals surface area contributed by atoms with Crippen LogP contribution in [-0.2, 0) is 0 Å². The van der Waals surface area contributed by atoms with Crippen molar-refractivity contribution in [2.75, 3.05) is 19.7 Å². The van der Waals surface area contributed by atoms with Crippen LogP contribution in [0.5, 0.6) is 5.88 Å². The summed E-state index contributed by atoms with van der Waals surface area (Å²) < 4.78 is 13.0. The van der Waals surface area contributed by atoms with E-state index in [0.717, 1.165) is 24.2 Å². The maximum absolute atomic E-state index is 9.68. The molecule has 0 spiro atoms. The molecule has 1 fully saturated rings. The molecule has 6 heteroatoms. The van der Waals surface area contributed by atoms with Gasteiger partial charge in [0.1, 0.15) is 18.9 Å². The van der Waals surface area contributed by atoms with E-state index in [9.17, 15) is 5.11 Å². The molecule has 0 radical (unpaired) electrons. The summed E-state index contributed by atoms with van der Waals surface area (Å²) in [6.07, 6.45) is 2.33. The molecule has 1 saturated carbocycles. The summed E-state index contributed by atoms with van der Waals surface area (Å²) >= 11 is 1.10. The van der Waals surface area contributed by atoms with Crippen molar-refractivity contribution >= 4 is 11.7 Å². The minimum Gasteiger partial charge on any atom is -0.473 e. The van der Waals surface area contributed by atoms with Gasteiger partial charge in [0.15, 0.2) is 0 Å². The molecular weight excluding hydrogens is 238 g/mol. The predicted molar refractivity (Wildman–Crippen MR) is 66.2 cm³/mol. The van der Waals surface area contributed by atoms with Gasteiger partial charge in [-0.3, -0.25) is 0 Å². The lowest BCUT2D eigenvalue weighted by Gasteiger charge is -2.12. The number of aromatic nitrogens is 2. The highest BCUT2D eigenvalue weighted by Crippen LogP contribution is 2.50. The van der Waals surface area contributed by atoms with Gasteiger partial charge in [-0.1, -0.05) is 13.8 Å². The number of nitrogens with one attached hydrogen (secondary N) is 1. The summed E-state index contributed by atoms with van der Waals surface area (Å²) in [5.41, 5.74) is 0.487. The molecule has 1 aromatic heterocycles. The van der Waals surface area contributed by atoms with E-state index >= 15 is 0 Å². The zero-order chi connectivity index (χ0) is 12.3. The Labute approximate surface area is 106 Å². The first-order chi connectivity index (χ1) is 8.08. The van der Waals surface area contributed by atoms with Crippen molar-refractivity contribution in [3.8, 4) is 5.88 Å². The van der Waals surface area contributed by atoms with E-state index < -0.39 is 6.10 Å². The fourth-order valence-electron chi connectivity index (χ4n) is 1.81. The van der Waals surface area contributed by atoms with E-state index in [1.807, 2.05) is 0 Å². The summed E-state index contributed by atoms with van der Waals surface area (Å²) in [7, 11) is 0. The van der Waals surface area contributed by atoms with Crippen LogP contribution in [0.25, 0.3) is 0 Å². The van der Waals surface area contributed by atoms with Gasteiger partial charge in [-0.15, -0.1) is 4.37 Å². The molecule has 1 aromatic rings. The summed E-state index contributed by atoms with van der Waals surface area (Å²) in [6, 6.07) is 0. The second kappa shape index (κ2) is 5.29. The van der Waals surface area contributed by atoms with Crippen molar-refractivity contribution in [1.29, 1.82) is 0 Å². The Morgan fingerprint density at radius 1 is 1.71 bits per heavy atom. The van der Waals surface area contributed by atoms with Gasteiger partial charge in [-0.25, -0.2) is 0 Å². The second-order valence-electron chi connectivity index (χ2n) is 5.26. The molecule has 17 heavy (non-hydrogen) atoms. The average molecular weight is 257 g/mol. The van der Waals surface area contributed by atoms with Gasteiger partial charge in [0.25, 0.3) is 0 Å². The van der Waals surface area contributed by atoms with Crippen LogP contribution in [0.1, 0.15) is 20.3 Å². The average Bonchev–Trinajstić information content (AvgIpc) is 2.68. The molecular formula is C11H19N3O2S. The van der Waals surface area contributed by atoms with Gasteiger partial charge < -0.3 is 15.2 Å². The lowest BCUT2D eigenvalue weighted by Crippen LogP contribution is -2.33. The smallest absolute Gasteiger partial charge is 0.245 e. The standard InChI is InChI=1S/C11H19N3O2S/c1-11(2)3-8(11)4-12-5-9(15)7-16-10-6-13-17-14-10/h6,8-9,12,15H,3-5,7H2,1-2H3. The van der Waals surface area contributed by atoms with Gasteiger partial charge in [-0.05, 0) is 24.3 Å². The number of ether oxygens (including phenoxy) is 1. The highest BCUT2D eigenvalue weighted by molar-refractivity contribution is 6.99. The molecule has 1 heterocycles. The van der Waals surface area contributed by atoms with Crippen molar-refractivity contribution in [2.45, 2.75) is 26.4 Å². The van der Waals surface area contributed by atoms with Crippen LogP contribution in [-0.4, -0.2) is 39.7 Å². The molecule has 0 aromatic carbocycles. The highest BCUT2D eigenvalue weighted by atomic mass is 32.1. The Kier molecular flexibility index (Phi) is 3.96. The minimum atomic E-state index is -0.501. The molecule has 2 unspecified atom stereocenters. The SMILES string of the molecule is CC1(C)CC1CNCC(O)COc1cnsn1. The summed E-state index contributed by atoms with van der Waals surface area (Å²) in [5.74, 6) is 1.23. The summed E-state index contributed by atoms with van der Waals surface area (Å²) in [6.45, 7) is 6.33. The third-order valence-electron chi connectivity index (χ3n) is 3.25. The fourth-order valence-corrected chi connectivity index (χ4v) is 2.17. The molecule has 1 aliphatic rings. The van der Waals surface area contributed by atoms with Crippen molar-refractivity contribution in [2.24, 2.45) is 11.3 Å². The number of hydrogen-bond donors (Lipinski definition) is 2. The van der Waals surface area contributed by atoms with E-state index in [1.165, 1.54) is 6.42 Å². The number of aliphatic hydroxyl groups is 1. The maximum atomic E-state index is 9.68. The van der Waals surface area contributed by atoms with Crippen molar-refractivity contribution < 1.29 is 9.84 Å². The quantitative estimate of drug-likeness (QED) is 0.760. The van der Waals surface area contributed by atoms with Crippen LogP contribution in [0.2, 0.25) is 0 Å². The van der Waals surface area contributed by atoms with E-state index in [1.54, 1.807) is 6.20 Å². The Bertz CT molecular complexity index is 342. The molecule has 96 valence electrons.